The van der Waals surface area contributed by atoms with Crippen LogP contribution in [0.15, 0.2) is 0 Å². The van der Waals surface area contributed by atoms with Crippen molar-refractivity contribution in [2.75, 3.05) is 0 Å². The molecule has 0 unspecified atom stereocenters. The summed E-state index contributed by atoms with van der Waals surface area (Å²) in [4.78, 5) is 0. The fourth-order valence-corrected chi connectivity index (χ4v) is 30.4. The molecule has 4 heteroatoms. The summed E-state index contributed by atoms with van der Waals surface area (Å²) in [5, 5.41) is 0. The van der Waals surface area contributed by atoms with Crippen LogP contribution in [0.5, 0.6) is 0 Å². The van der Waals surface area contributed by atoms with Crippen LogP contribution in [-0.2, 0) is 0 Å². The van der Waals surface area contributed by atoms with Crippen molar-refractivity contribution in [3.63, 3.8) is 0 Å². The monoisotopic (exact) mass is 312 g/mol. The average molecular weight is 312 g/mol. The molecule has 0 spiro atoms. The van der Waals surface area contributed by atoms with Gasteiger partial charge < -0.3 is 0 Å². The molecular formula is C10H28SeSi3. The molecule has 0 heterocycles. The molecule has 0 bridgehead atoms. The maximum absolute atomic E-state index is 3.16. The molecule has 0 N–H and O–H groups in total. The third kappa shape index (κ3) is 2.46. The molecule has 0 radical (unpaired) electrons. The van der Waals surface area contributed by atoms with E-state index in [1.807, 2.05) is 0 Å². The second-order valence-electron chi connectivity index (χ2n) is 7.46. The number of rotatable bonds is 3. The maximum atomic E-state index is 3.16. The van der Waals surface area contributed by atoms with Crippen LogP contribution in [0.25, 0.3) is 0 Å². The van der Waals surface area contributed by atoms with Crippen molar-refractivity contribution in [2.24, 2.45) is 0 Å². The Bertz CT molecular complexity index is 169. The van der Waals surface area contributed by atoms with Crippen molar-refractivity contribution in [1.82, 2.24) is 0 Å². The van der Waals surface area contributed by atoms with Gasteiger partial charge in [0, 0.05) is 0 Å². The third-order valence-corrected chi connectivity index (χ3v) is 35.9. The number of hydrogen-bond acceptors (Lipinski definition) is 0. The van der Waals surface area contributed by atoms with E-state index in [0.717, 1.165) is 0 Å². The van der Waals surface area contributed by atoms with Crippen LogP contribution in [0.2, 0.25) is 62.1 Å². The Morgan fingerprint density at radius 1 is 0.571 bits per heavy atom. The van der Waals surface area contributed by atoms with Crippen LogP contribution >= 0.6 is 0 Å². The van der Waals surface area contributed by atoms with Gasteiger partial charge in [-0.25, -0.2) is 0 Å². The number of hydrogen-bond donors (Lipinski definition) is 0. The second-order valence-corrected chi connectivity index (χ2v) is 28.9. The normalized spacial score (nSPS) is 15.9. The molecule has 0 saturated heterocycles. The van der Waals surface area contributed by atoms with Gasteiger partial charge in [-0.3, -0.25) is 0 Å². The minimum atomic E-state index is -1.09. The molecule has 14 heavy (non-hydrogen) atoms. The van der Waals surface area contributed by atoms with E-state index in [1.54, 1.807) is 0 Å². The Morgan fingerprint density at radius 2 is 0.714 bits per heavy atom. The summed E-state index contributed by atoms with van der Waals surface area (Å²) >= 11 is 3.16. The summed E-state index contributed by atoms with van der Waals surface area (Å²) in [7, 11) is -3.26. The van der Waals surface area contributed by atoms with Crippen LogP contribution in [-0.4, -0.2) is 40.2 Å². The Morgan fingerprint density at radius 3 is 0.714 bits per heavy atom. The first-order chi connectivity index (χ1) is 5.75. The van der Waals surface area contributed by atoms with E-state index in [0.29, 0.717) is 3.18 Å². The average Bonchev–Trinajstić information content (AvgIpc) is 1.77. The molecule has 0 aromatic heterocycles. The summed E-state index contributed by atoms with van der Waals surface area (Å²) < 4.78 is 0.667. The van der Waals surface area contributed by atoms with Crippen LogP contribution in [0, 0.1) is 0 Å². The van der Waals surface area contributed by atoms with E-state index in [9.17, 15) is 0 Å². The molecule has 0 rings (SSSR count). The summed E-state index contributed by atoms with van der Waals surface area (Å²) in [5.41, 5.74) is 0. The molecule has 0 nitrogen and oxygen atoms in total. The minimum absolute atomic E-state index is 0.667. The zero-order chi connectivity index (χ0) is 12.0. The van der Waals surface area contributed by atoms with Crippen molar-refractivity contribution in [1.29, 1.82) is 0 Å². The van der Waals surface area contributed by atoms with Gasteiger partial charge in [0.1, 0.15) is 0 Å². The predicted molar refractivity (Wildman–Crippen MR) is 79.9 cm³/mol. The first kappa shape index (κ1) is 15.2. The molecule has 0 amide bonds. The van der Waals surface area contributed by atoms with Gasteiger partial charge in [0.25, 0.3) is 0 Å². The summed E-state index contributed by atoms with van der Waals surface area (Å²) in [5.74, 6) is 0. The Kier molecular flexibility index (Phi) is 4.20. The van der Waals surface area contributed by atoms with Crippen molar-refractivity contribution in [3.05, 3.63) is 0 Å². The molecule has 86 valence electrons. The third-order valence-electron chi connectivity index (χ3n) is 3.26. The molecule has 0 saturated carbocycles. The first-order valence-corrected chi connectivity index (χ1v) is 16.9. The van der Waals surface area contributed by atoms with Crippen molar-refractivity contribution >= 4 is 40.2 Å². The standard InChI is InChI=1S/C10H28SeSi3/c1-12(2,3)10(11,13(4,5)6)14(7,8)9/h11H,1-9H3. The summed E-state index contributed by atoms with van der Waals surface area (Å²) in [6, 6.07) is 0. The van der Waals surface area contributed by atoms with E-state index >= 15 is 0 Å². The van der Waals surface area contributed by atoms with Gasteiger partial charge in [-0.05, 0) is 0 Å². The van der Waals surface area contributed by atoms with E-state index in [2.05, 4.69) is 74.9 Å². The van der Waals surface area contributed by atoms with Crippen molar-refractivity contribution in [2.45, 2.75) is 62.1 Å². The van der Waals surface area contributed by atoms with E-state index < -0.39 is 24.2 Å². The van der Waals surface area contributed by atoms with Crippen LogP contribution < -0.4 is 0 Å². The van der Waals surface area contributed by atoms with Crippen LogP contribution in [0.1, 0.15) is 0 Å². The van der Waals surface area contributed by atoms with Gasteiger partial charge in [0.2, 0.25) is 0 Å². The fraction of sp³-hybridized carbons (Fsp3) is 1.00. The van der Waals surface area contributed by atoms with Crippen LogP contribution in [0.3, 0.4) is 0 Å². The van der Waals surface area contributed by atoms with Crippen molar-refractivity contribution < 1.29 is 0 Å². The van der Waals surface area contributed by atoms with Crippen LogP contribution in [0.4, 0.5) is 0 Å². The van der Waals surface area contributed by atoms with Gasteiger partial charge in [-0.2, -0.15) is 0 Å². The van der Waals surface area contributed by atoms with Gasteiger partial charge >= 0.3 is 102 Å². The molecule has 0 aromatic carbocycles. The Balaban J connectivity index is 5.54. The predicted octanol–water partition coefficient (Wildman–Crippen LogP) is 3.68. The zero-order valence-electron chi connectivity index (χ0n) is 11.4. The van der Waals surface area contributed by atoms with Crippen molar-refractivity contribution in [3.8, 4) is 0 Å². The quantitative estimate of drug-likeness (QED) is 0.698. The van der Waals surface area contributed by atoms with Gasteiger partial charge in [-0.1, -0.05) is 0 Å². The second kappa shape index (κ2) is 3.88. The van der Waals surface area contributed by atoms with E-state index in [-0.39, 0.29) is 0 Å². The van der Waals surface area contributed by atoms with Gasteiger partial charge in [-0.15, -0.1) is 0 Å². The van der Waals surface area contributed by atoms with E-state index in [4.69, 9.17) is 0 Å². The Labute approximate surface area is 102 Å². The summed E-state index contributed by atoms with van der Waals surface area (Å²) in [6.07, 6.45) is 0. The topological polar surface area (TPSA) is 0 Å². The molecular weight excluding hydrogens is 283 g/mol. The Hall–Kier alpha value is 1.17. The zero-order valence-corrected chi connectivity index (χ0v) is 16.3. The van der Waals surface area contributed by atoms with Gasteiger partial charge in [0.15, 0.2) is 0 Å². The molecule has 0 aliphatic heterocycles. The summed E-state index contributed by atoms with van der Waals surface area (Å²) in [6.45, 7) is 23.0. The molecule has 0 aliphatic carbocycles. The first-order valence-electron chi connectivity index (χ1n) is 5.47. The SMILES string of the molecule is C[Si](C)(C)C([SeH])([Si](C)(C)C)[Si](C)(C)C. The molecule has 0 atom stereocenters. The van der Waals surface area contributed by atoms with Gasteiger partial charge in [0.05, 0.1) is 0 Å². The fourth-order valence-electron chi connectivity index (χ4n) is 3.38. The molecule has 0 aliphatic rings. The molecule has 0 fully saturated rings. The van der Waals surface area contributed by atoms with E-state index in [1.165, 1.54) is 0 Å². The molecule has 0 aromatic rings.